The summed E-state index contributed by atoms with van der Waals surface area (Å²) < 4.78 is 6.40. The van der Waals surface area contributed by atoms with Crippen LogP contribution in [0.15, 0.2) is 31.0 Å². The van der Waals surface area contributed by atoms with E-state index in [1.165, 1.54) is 25.6 Å². The number of hydrogen-bond acceptors (Lipinski definition) is 7. The molecule has 0 aromatic carbocycles. The molecular weight excluding hydrogens is 454 g/mol. The van der Waals surface area contributed by atoms with Crippen LogP contribution < -0.4 is 4.74 Å². The Hall–Kier alpha value is -3.02. The average molecular weight is 492 g/mol. The normalized spacial score (nSPS) is 21.6. The van der Waals surface area contributed by atoms with Gasteiger partial charge in [0.15, 0.2) is 0 Å². The van der Waals surface area contributed by atoms with E-state index in [4.69, 9.17) is 4.74 Å². The summed E-state index contributed by atoms with van der Waals surface area (Å²) in [6.07, 6.45) is 12.7. The standard InChI is InChI=1S/C28H37N5O3/c1-20-15-33(21(2)18-34)28(35)25-11-23(10-9-22-7-5-4-6-8-22)14-31-27(25)36-26(20)17-32(3)16-24-12-29-19-30-13-24/h11-14,19-22,26,34H,4-8,15-18H2,1-3H3/t20-,21+,26+/m0/s1. The Balaban J connectivity index is 1.59. The van der Waals surface area contributed by atoms with Crippen molar-refractivity contribution < 1.29 is 14.6 Å². The van der Waals surface area contributed by atoms with Crippen LogP contribution in [0.25, 0.3) is 0 Å². The number of rotatable bonds is 6. The average Bonchev–Trinajstić information content (AvgIpc) is 2.90. The molecule has 1 amide bonds. The highest BCUT2D eigenvalue weighted by atomic mass is 16.5. The van der Waals surface area contributed by atoms with Gasteiger partial charge in [-0.2, -0.15) is 0 Å². The van der Waals surface area contributed by atoms with Gasteiger partial charge in [0, 0.05) is 61.2 Å². The summed E-state index contributed by atoms with van der Waals surface area (Å²) in [5.74, 6) is 7.22. The number of aliphatic hydroxyl groups excluding tert-OH is 1. The first-order chi connectivity index (χ1) is 17.4. The maximum Gasteiger partial charge on any atom is 0.259 e. The first-order valence-corrected chi connectivity index (χ1v) is 13.0. The Labute approximate surface area is 214 Å². The lowest BCUT2D eigenvalue weighted by atomic mass is 9.90. The first-order valence-electron chi connectivity index (χ1n) is 13.0. The van der Waals surface area contributed by atoms with Crippen LogP contribution in [0.5, 0.6) is 5.88 Å². The van der Waals surface area contributed by atoms with E-state index in [9.17, 15) is 9.90 Å². The number of ether oxygens (including phenoxy) is 1. The number of fused-ring (bicyclic) bond motifs is 1. The second kappa shape index (κ2) is 12.3. The molecule has 1 fully saturated rings. The van der Waals surface area contributed by atoms with E-state index >= 15 is 0 Å². The van der Waals surface area contributed by atoms with Crippen molar-refractivity contribution in [2.45, 2.75) is 64.6 Å². The zero-order chi connectivity index (χ0) is 25.5. The minimum atomic E-state index is -0.317. The molecule has 2 aliphatic rings. The van der Waals surface area contributed by atoms with E-state index in [0.717, 1.165) is 24.0 Å². The van der Waals surface area contributed by atoms with Crippen molar-refractivity contribution in [2.24, 2.45) is 11.8 Å². The van der Waals surface area contributed by atoms with E-state index in [1.54, 1.807) is 17.2 Å². The SMILES string of the molecule is C[C@H](CO)N1C[C@H](C)[C@@H](CN(C)Cc2cncnc2)Oc2ncc(C#CC3CCCCC3)cc2C1=O. The van der Waals surface area contributed by atoms with Gasteiger partial charge in [-0.15, -0.1) is 0 Å². The van der Waals surface area contributed by atoms with Crippen molar-refractivity contribution in [2.75, 3.05) is 26.7 Å². The highest BCUT2D eigenvalue weighted by Gasteiger charge is 2.34. The van der Waals surface area contributed by atoms with Crippen LogP contribution in [0.4, 0.5) is 0 Å². The predicted octanol–water partition coefficient (Wildman–Crippen LogP) is 3.16. The topological polar surface area (TPSA) is 91.7 Å². The molecule has 3 heterocycles. The highest BCUT2D eigenvalue weighted by molar-refractivity contribution is 5.97. The third kappa shape index (κ3) is 6.59. The molecule has 1 saturated carbocycles. The van der Waals surface area contributed by atoms with Gasteiger partial charge >= 0.3 is 0 Å². The van der Waals surface area contributed by atoms with Gasteiger partial charge in [-0.1, -0.05) is 38.0 Å². The van der Waals surface area contributed by atoms with Gasteiger partial charge in [0.2, 0.25) is 5.88 Å². The molecule has 0 radical (unpaired) electrons. The second-order valence-corrected chi connectivity index (χ2v) is 10.2. The second-order valence-electron chi connectivity index (χ2n) is 10.2. The summed E-state index contributed by atoms with van der Waals surface area (Å²) in [4.78, 5) is 30.2. The molecule has 1 aliphatic heterocycles. The van der Waals surface area contributed by atoms with Gasteiger partial charge in [-0.3, -0.25) is 9.69 Å². The van der Waals surface area contributed by atoms with Gasteiger partial charge in [0.1, 0.15) is 18.0 Å². The Bertz CT molecular complexity index is 1080. The molecule has 36 heavy (non-hydrogen) atoms. The fraction of sp³-hybridized carbons (Fsp3) is 0.571. The molecule has 0 spiro atoms. The number of carbonyl (C=O) groups is 1. The summed E-state index contributed by atoms with van der Waals surface area (Å²) in [5, 5.41) is 9.88. The summed E-state index contributed by atoms with van der Waals surface area (Å²) in [7, 11) is 2.03. The van der Waals surface area contributed by atoms with Crippen molar-refractivity contribution in [3.63, 3.8) is 0 Å². The summed E-state index contributed by atoms with van der Waals surface area (Å²) in [6.45, 7) is 5.62. The molecule has 1 N–H and O–H groups in total. The maximum absolute atomic E-state index is 13.6. The van der Waals surface area contributed by atoms with E-state index < -0.39 is 0 Å². The van der Waals surface area contributed by atoms with Crippen molar-refractivity contribution in [1.82, 2.24) is 24.8 Å². The summed E-state index contributed by atoms with van der Waals surface area (Å²) in [6, 6.07) is 1.48. The molecule has 8 heteroatoms. The number of nitrogens with zero attached hydrogens (tertiary/aromatic N) is 5. The third-order valence-corrected chi connectivity index (χ3v) is 7.11. The lowest BCUT2D eigenvalue weighted by Crippen LogP contribution is -2.49. The van der Waals surface area contributed by atoms with Gasteiger partial charge in [-0.05, 0) is 32.9 Å². The zero-order valence-corrected chi connectivity index (χ0v) is 21.6. The Morgan fingerprint density at radius 1 is 1.22 bits per heavy atom. The quantitative estimate of drug-likeness (QED) is 0.621. The predicted molar refractivity (Wildman–Crippen MR) is 137 cm³/mol. The van der Waals surface area contributed by atoms with Crippen LogP contribution in [0.3, 0.4) is 0 Å². The van der Waals surface area contributed by atoms with Crippen molar-refractivity contribution >= 4 is 5.91 Å². The molecule has 4 rings (SSSR count). The van der Waals surface area contributed by atoms with Crippen LogP contribution in [0, 0.1) is 23.7 Å². The van der Waals surface area contributed by atoms with Crippen LogP contribution in [-0.2, 0) is 6.54 Å². The lowest BCUT2D eigenvalue weighted by Gasteiger charge is -2.37. The fourth-order valence-electron chi connectivity index (χ4n) is 4.92. The minimum absolute atomic E-state index is 0.0261. The molecule has 0 unspecified atom stereocenters. The minimum Gasteiger partial charge on any atom is -0.472 e. The number of amides is 1. The van der Waals surface area contributed by atoms with Crippen LogP contribution in [-0.4, -0.2) is 74.7 Å². The van der Waals surface area contributed by atoms with Gasteiger partial charge in [0.25, 0.3) is 5.91 Å². The molecule has 0 bridgehead atoms. The van der Waals surface area contributed by atoms with Crippen molar-refractivity contribution in [3.8, 4) is 17.7 Å². The van der Waals surface area contributed by atoms with Gasteiger partial charge in [-0.25, -0.2) is 15.0 Å². The number of likely N-dealkylation sites (N-methyl/N-ethyl adjacent to an activating group) is 1. The van der Waals surface area contributed by atoms with E-state index in [-0.39, 0.29) is 30.6 Å². The monoisotopic (exact) mass is 491 g/mol. The smallest absolute Gasteiger partial charge is 0.259 e. The van der Waals surface area contributed by atoms with Gasteiger partial charge < -0.3 is 14.7 Å². The number of carbonyl (C=O) groups excluding carboxylic acids is 1. The van der Waals surface area contributed by atoms with E-state index in [2.05, 4.69) is 38.6 Å². The largest absolute Gasteiger partial charge is 0.472 e. The molecule has 0 saturated heterocycles. The fourth-order valence-corrected chi connectivity index (χ4v) is 4.92. The highest BCUT2D eigenvalue weighted by Crippen LogP contribution is 2.28. The van der Waals surface area contributed by atoms with E-state index in [1.807, 2.05) is 26.4 Å². The Morgan fingerprint density at radius 3 is 2.69 bits per heavy atom. The van der Waals surface area contributed by atoms with Crippen LogP contribution >= 0.6 is 0 Å². The number of pyridine rings is 1. The van der Waals surface area contributed by atoms with Crippen LogP contribution in [0.2, 0.25) is 0 Å². The molecular formula is C28H37N5O3. The number of hydrogen-bond donors (Lipinski definition) is 1. The molecule has 8 nitrogen and oxygen atoms in total. The van der Waals surface area contributed by atoms with Gasteiger partial charge in [0.05, 0.1) is 12.6 Å². The first kappa shape index (κ1) is 26.1. The summed E-state index contributed by atoms with van der Waals surface area (Å²) >= 11 is 0. The lowest BCUT2D eigenvalue weighted by molar-refractivity contribution is 0.0325. The third-order valence-electron chi connectivity index (χ3n) is 7.11. The molecule has 2 aromatic rings. The van der Waals surface area contributed by atoms with E-state index in [0.29, 0.717) is 37.0 Å². The Kier molecular flexibility index (Phi) is 8.89. The number of aromatic nitrogens is 3. The number of aliphatic hydroxyl groups is 1. The molecule has 1 aliphatic carbocycles. The molecule has 3 atom stereocenters. The Morgan fingerprint density at radius 2 is 1.97 bits per heavy atom. The van der Waals surface area contributed by atoms with Crippen molar-refractivity contribution in [3.05, 3.63) is 47.7 Å². The zero-order valence-electron chi connectivity index (χ0n) is 21.6. The summed E-state index contributed by atoms with van der Waals surface area (Å²) in [5.41, 5.74) is 2.14. The molecule has 2 aromatic heterocycles. The maximum atomic E-state index is 13.6. The van der Waals surface area contributed by atoms with Crippen molar-refractivity contribution in [1.29, 1.82) is 0 Å². The van der Waals surface area contributed by atoms with Crippen LogP contribution in [0.1, 0.15) is 67.4 Å². The molecule has 192 valence electrons.